The van der Waals surface area contributed by atoms with Crippen LogP contribution in [0.2, 0.25) is 0 Å². The van der Waals surface area contributed by atoms with Gasteiger partial charge in [-0.1, -0.05) is 35.5 Å². The lowest BCUT2D eigenvalue weighted by Gasteiger charge is -2.28. The molecule has 0 fully saturated rings. The van der Waals surface area contributed by atoms with Gasteiger partial charge in [0, 0.05) is 66.9 Å². The summed E-state index contributed by atoms with van der Waals surface area (Å²) in [5.41, 5.74) is 6.48. The van der Waals surface area contributed by atoms with Gasteiger partial charge in [0.05, 0.1) is 5.69 Å². The Morgan fingerprint density at radius 3 is 2.69 bits per heavy atom. The molecule has 6 nitrogen and oxygen atoms in total. The molecule has 0 spiro atoms. The minimum absolute atomic E-state index is 0.765. The third-order valence-corrected chi connectivity index (χ3v) is 5.37. The largest absolute Gasteiger partial charge is 0.361 e. The molecule has 0 saturated heterocycles. The van der Waals surface area contributed by atoms with Crippen LogP contribution in [0, 0.1) is 6.92 Å². The van der Waals surface area contributed by atoms with Crippen LogP contribution in [0.1, 0.15) is 22.6 Å². The van der Waals surface area contributed by atoms with Crippen LogP contribution in [0.4, 0.5) is 0 Å². The summed E-state index contributed by atoms with van der Waals surface area (Å²) in [5.74, 6) is 1.64. The Balaban J connectivity index is 1.37. The van der Waals surface area contributed by atoms with E-state index in [1.165, 1.54) is 5.56 Å². The second kappa shape index (κ2) is 7.56. The SMILES string of the molecule is Cc1onc(-c2ccccc2)c1CN1CCc2nc(-c3ccncc3)ncc2C1. The summed E-state index contributed by atoms with van der Waals surface area (Å²) in [6.07, 6.45) is 6.40. The Hall–Kier alpha value is -3.38. The van der Waals surface area contributed by atoms with Crippen LogP contribution >= 0.6 is 0 Å². The van der Waals surface area contributed by atoms with Crippen LogP contribution in [-0.4, -0.2) is 31.6 Å². The first-order chi connectivity index (χ1) is 14.3. The molecule has 4 heterocycles. The van der Waals surface area contributed by atoms with Crippen LogP contribution < -0.4 is 0 Å². The van der Waals surface area contributed by atoms with E-state index >= 15 is 0 Å². The average Bonchev–Trinajstić information content (AvgIpc) is 3.14. The molecule has 0 saturated carbocycles. The highest BCUT2D eigenvalue weighted by molar-refractivity contribution is 5.63. The summed E-state index contributed by atoms with van der Waals surface area (Å²) in [7, 11) is 0. The predicted molar refractivity (Wildman–Crippen MR) is 110 cm³/mol. The van der Waals surface area contributed by atoms with Crippen LogP contribution in [0.5, 0.6) is 0 Å². The number of hydrogen-bond donors (Lipinski definition) is 0. The fourth-order valence-corrected chi connectivity index (χ4v) is 3.77. The number of pyridine rings is 1. The first-order valence-corrected chi connectivity index (χ1v) is 9.76. The lowest BCUT2D eigenvalue weighted by Crippen LogP contribution is -2.31. The quantitative estimate of drug-likeness (QED) is 0.529. The lowest BCUT2D eigenvalue weighted by atomic mass is 10.0. The maximum Gasteiger partial charge on any atom is 0.159 e. The fourth-order valence-electron chi connectivity index (χ4n) is 3.77. The van der Waals surface area contributed by atoms with Gasteiger partial charge in [0.1, 0.15) is 11.5 Å². The van der Waals surface area contributed by atoms with Crippen molar-refractivity contribution in [2.24, 2.45) is 0 Å². The number of nitrogens with zero attached hydrogens (tertiary/aromatic N) is 5. The van der Waals surface area contributed by atoms with E-state index in [0.717, 1.165) is 65.7 Å². The van der Waals surface area contributed by atoms with Gasteiger partial charge in [-0.25, -0.2) is 9.97 Å². The first kappa shape index (κ1) is 17.7. The number of aromatic nitrogens is 4. The summed E-state index contributed by atoms with van der Waals surface area (Å²) in [5, 5.41) is 4.31. The number of rotatable bonds is 4. The molecule has 0 radical (unpaired) electrons. The summed E-state index contributed by atoms with van der Waals surface area (Å²) in [4.78, 5) is 15.9. The van der Waals surface area contributed by atoms with Gasteiger partial charge in [-0.2, -0.15) is 0 Å². The smallest absolute Gasteiger partial charge is 0.159 e. The van der Waals surface area contributed by atoms with Crippen molar-refractivity contribution in [1.82, 2.24) is 25.0 Å². The van der Waals surface area contributed by atoms with E-state index in [1.54, 1.807) is 12.4 Å². The zero-order valence-electron chi connectivity index (χ0n) is 16.2. The molecule has 1 aromatic carbocycles. The maximum atomic E-state index is 5.52. The molecule has 0 N–H and O–H groups in total. The van der Waals surface area contributed by atoms with Crippen molar-refractivity contribution in [3.63, 3.8) is 0 Å². The molecule has 5 rings (SSSR count). The molecule has 1 aliphatic heterocycles. The van der Waals surface area contributed by atoms with E-state index in [-0.39, 0.29) is 0 Å². The van der Waals surface area contributed by atoms with Gasteiger partial charge in [0.2, 0.25) is 0 Å². The molecule has 0 atom stereocenters. The van der Waals surface area contributed by atoms with Gasteiger partial charge >= 0.3 is 0 Å². The molecular weight excluding hydrogens is 362 g/mol. The van der Waals surface area contributed by atoms with Crippen molar-refractivity contribution in [1.29, 1.82) is 0 Å². The molecule has 1 aliphatic rings. The fraction of sp³-hybridized carbons (Fsp3) is 0.217. The van der Waals surface area contributed by atoms with Gasteiger partial charge in [-0.3, -0.25) is 9.88 Å². The van der Waals surface area contributed by atoms with Gasteiger partial charge in [-0.05, 0) is 19.1 Å². The second-order valence-electron chi connectivity index (χ2n) is 7.29. The highest BCUT2D eigenvalue weighted by atomic mass is 16.5. The van der Waals surface area contributed by atoms with Gasteiger partial charge in [-0.15, -0.1) is 0 Å². The predicted octanol–water partition coefficient (Wildman–Crippen LogP) is 4.06. The minimum atomic E-state index is 0.765. The van der Waals surface area contributed by atoms with Crippen molar-refractivity contribution in [2.45, 2.75) is 26.4 Å². The topological polar surface area (TPSA) is 67.9 Å². The monoisotopic (exact) mass is 383 g/mol. The minimum Gasteiger partial charge on any atom is -0.361 e. The zero-order valence-corrected chi connectivity index (χ0v) is 16.2. The average molecular weight is 383 g/mol. The molecule has 0 amide bonds. The van der Waals surface area contributed by atoms with Gasteiger partial charge in [0.25, 0.3) is 0 Å². The van der Waals surface area contributed by atoms with E-state index < -0.39 is 0 Å². The van der Waals surface area contributed by atoms with Gasteiger partial charge in [0.15, 0.2) is 5.82 Å². The second-order valence-corrected chi connectivity index (χ2v) is 7.29. The Morgan fingerprint density at radius 2 is 1.86 bits per heavy atom. The van der Waals surface area contributed by atoms with Crippen molar-refractivity contribution < 1.29 is 4.52 Å². The molecule has 144 valence electrons. The third kappa shape index (κ3) is 3.54. The summed E-state index contributed by atoms with van der Waals surface area (Å²) in [6, 6.07) is 14.1. The van der Waals surface area contributed by atoms with E-state index in [1.807, 2.05) is 43.5 Å². The Morgan fingerprint density at radius 1 is 1.03 bits per heavy atom. The summed E-state index contributed by atoms with van der Waals surface area (Å²) in [6.45, 7) is 4.55. The number of aryl methyl sites for hydroxylation is 1. The van der Waals surface area contributed by atoms with Crippen LogP contribution in [-0.2, 0) is 19.5 Å². The molecule has 4 aromatic rings. The normalized spacial score (nSPS) is 14.0. The molecule has 0 aliphatic carbocycles. The van der Waals surface area contributed by atoms with Crippen LogP contribution in [0.15, 0.2) is 65.6 Å². The highest BCUT2D eigenvalue weighted by Gasteiger charge is 2.22. The molecular formula is C23H21N5O. The van der Waals surface area contributed by atoms with E-state index in [2.05, 4.69) is 32.2 Å². The molecule has 0 bridgehead atoms. The van der Waals surface area contributed by atoms with E-state index in [0.29, 0.717) is 0 Å². The van der Waals surface area contributed by atoms with Crippen molar-refractivity contribution in [3.8, 4) is 22.6 Å². The Kier molecular flexibility index (Phi) is 4.62. The standard InChI is InChI=1S/C23H21N5O/c1-16-20(22(27-29-16)17-5-3-2-4-6-17)15-28-12-9-21-19(14-28)13-25-23(26-21)18-7-10-24-11-8-18/h2-8,10-11,13H,9,12,14-15H2,1H3. The molecule has 6 heteroatoms. The third-order valence-electron chi connectivity index (χ3n) is 5.37. The summed E-state index contributed by atoms with van der Waals surface area (Å²) < 4.78 is 5.52. The molecule has 29 heavy (non-hydrogen) atoms. The lowest BCUT2D eigenvalue weighted by molar-refractivity contribution is 0.241. The van der Waals surface area contributed by atoms with E-state index in [9.17, 15) is 0 Å². The first-order valence-electron chi connectivity index (χ1n) is 9.76. The molecule has 0 unspecified atom stereocenters. The Labute approximate surface area is 169 Å². The Bertz CT molecular complexity index is 1120. The number of fused-ring (bicyclic) bond motifs is 1. The van der Waals surface area contributed by atoms with Gasteiger partial charge < -0.3 is 4.52 Å². The van der Waals surface area contributed by atoms with Crippen molar-refractivity contribution in [2.75, 3.05) is 6.54 Å². The number of benzene rings is 1. The highest BCUT2D eigenvalue weighted by Crippen LogP contribution is 2.28. The molecule has 3 aromatic heterocycles. The zero-order chi connectivity index (χ0) is 19.6. The van der Waals surface area contributed by atoms with Crippen molar-refractivity contribution in [3.05, 3.63) is 83.6 Å². The van der Waals surface area contributed by atoms with Crippen LogP contribution in [0.3, 0.4) is 0 Å². The maximum absolute atomic E-state index is 5.52. The number of hydrogen-bond acceptors (Lipinski definition) is 6. The van der Waals surface area contributed by atoms with E-state index in [4.69, 9.17) is 9.51 Å². The summed E-state index contributed by atoms with van der Waals surface area (Å²) >= 11 is 0. The van der Waals surface area contributed by atoms with Crippen LogP contribution in [0.25, 0.3) is 22.6 Å². The van der Waals surface area contributed by atoms with Crippen molar-refractivity contribution >= 4 is 0 Å².